The van der Waals surface area contributed by atoms with Crippen LogP contribution < -0.4 is 48.0 Å². The molecule has 1 amide bonds. The summed E-state index contributed by atoms with van der Waals surface area (Å²) < 4.78 is 49.3. The Hall–Kier alpha value is -3.17. The van der Waals surface area contributed by atoms with E-state index in [0.717, 1.165) is 27.8 Å². The molecule has 4 rings (SSSR count). The summed E-state index contributed by atoms with van der Waals surface area (Å²) in [5, 5.41) is 0. The van der Waals surface area contributed by atoms with Crippen LogP contribution in [0.2, 0.25) is 0 Å². The number of aromatic nitrogens is 2. The molecule has 1 aromatic heterocycles. The molecule has 2 aromatic carbocycles. The van der Waals surface area contributed by atoms with Crippen molar-refractivity contribution in [1.29, 1.82) is 0 Å². The molecule has 0 unspecified atom stereocenters. The number of benzene rings is 2. The highest BCUT2D eigenvalue weighted by molar-refractivity contribution is 6.61. The van der Waals surface area contributed by atoms with E-state index < -0.39 is 6.36 Å². The predicted molar refractivity (Wildman–Crippen MR) is 158 cm³/mol. The van der Waals surface area contributed by atoms with Gasteiger partial charge in [-0.3, -0.25) is 4.79 Å². The maximum Gasteiger partial charge on any atom is 0.573 e. The van der Waals surface area contributed by atoms with E-state index in [1.807, 2.05) is 29.6 Å². The summed E-state index contributed by atoms with van der Waals surface area (Å²) in [4.78, 5) is 24.4. The van der Waals surface area contributed by atoms with Crippen LogP contribution in [0.25, 0.3) is 11.1 Å². The minimum Gasteiger partial charge on any atom is -0.491 e. The molecule has 0 N–H and O–H groups in total. The molecule has 0 spiro atoms. The monoisotopic (exact) mass is 499 g/mol. The lowest BCUT2D eigenvalue weighted by atomic mass is 9.65. The molecule has 2 heterocycles. The largest absolute Gasteiger partial charge is 0.573 e. The van der Waals surface area contributed by atoms with Crippen LogP contribution in [0.4, 0.5) is 13.2 Å². The average Bonchev–Trinajstić information content (AvgIpc) is 2.97. The summed E-state index contributed by atoms with van der Waals surface area (Å²) in [5.41, 5.74) is 6.75. The van der Waals surface area contributed by atoms with E-state index in [1.54, 1.807) is 48.4 Å². The lowest BCUT2D eigenvalue weighted by Gasteiger charge is -2.23. The van der Waals surface area contributed by atoms with Crippen molar-refractivity contribution in [3.8, 4) is 22.6 Å². The normalized spacial score (nSPS) is 13.6. The Bertz CT molecular complexity index is 1370. The Morgan fingerprint density at radius 1 is 0.919 bits per heavy atom. The fourth-order valence-electron chi connectivity index (χ4n) is 4.73. The Kier molecular flexibility index (Phi) is 7.23. The van der Waals surface area contributed by atoms with Crippen LogP contribution in [0.15, 0.2) is 18.2 Å². The zero-order valence-electron chi connectivity index (χ0n) is 22.1. The van der Waals surface area contributed by atoms with Gasteiger partial charge in [0.1, 0.15) is 63.2 Å². The van der Waals surface area contributed by atoms with Gasteiger partial charge in [-0.15, -0.1) is 13.2 Å². The van der Waals surface area contributed by atoms with Crippen molar-refractivity contribution in [3.05, 3.63) is 29.6 Å². The van der Waals surface area contributed by atoms with Crippen LogP contribution in [0, 0.1) is 0 Å². The van der Waals surface area contributed by atoms with Crippen LogP contribution in [0.1, 0.15) is 16.2 Å². The van der Waals surface area contributed by atoms with Crippen molar-refractivity contribution in [3.63, 3.8) is 0 Å². The lowest BCUT2D eigenvalue weighted by molar-refractivity contribution is -0.273. The van der Waals surface area contributed by atoms with Gasteiger partial charge >= 0.3 is 6.36 Å². The zero-order chi connectivity index (χ0) is 27.2. The topological polar surface area (TPSA) is 64.6 Å². The van der Waals surface area contributed by atoms with Gasteiger partial charge in [0.2, 0.25) is 0 Å². The first-order chi connectivity index (χ1) is 17.3. The third-order valence-electron chi connectivity index (χ3n) is 7.19. The minimum absolute atomic E-state index is 0.185. The molecule has 1 aliphatic rings. The number of ether oxygens (including phenoxy) is 2. The maximum absolute atomic E-state index is 13.6. The van der Waals surface area contributed by atoms with Crippen LogP contribution in [0.5, 0.6) is 11.5 Å². The highest BCUT2D eigenvalue weighted by Crippen LogP contribution is 2.29. The average molecular weight is 498 g/mol. The summed E-state index contributed by atoms with van der Waals surface area (Å²) in [6.45, 7) is 0.938. The van der Waals surface area contributed by atoms with Crippen molar-refractivity contribution < 1.29 is 27.4 Å². The number of rotatable bonds is 4. The van der Waals surface area contributed by atoms with Gasteiger partial charge in [-0.05, 0) is 34.4 Å². The van der Waals surface area contributed by atoms with Gasteiger partial charge in [0, 0.05) is 0 Å². The Morgan fingerprint density at radius 2 is 1.51 bits per heavy atom. The summed E-state index contributed by atoms with van der Waals surface area (Å²) >= 11 is 0. The van der Waals surface area contributed by atoms with Crippen molar-refractivity contribution >= 4 is 99.3 Å². The highest BCUT2D eigenvalue weighted by atomic mass is 19.4. The van der Waals surface area contributed by atoms with E-state index in [0.29, 0.717) is 52.1 Å². The first kappa shape index (κ1) is 26.9. The van der Waals surface area contributed by atoms with Crippen molar-refractivity contribution in [1.82, 2.24) is 14.9 Å². The van der Waals surface area contributed by atoms with Crippen LogP contribution in [0.3, 0.4) is 0 Å². The van der Waals surface area contributed by atoms with Crippen molar-refractivity contribution in [2.45, 2.75) is 12.9 Å². The number of hydrogen-bond donors (Lipinski definition) is 0. The SMILES string of the molecule is Bc1nc(CN2CCOc3ccc(-c4c(B)c(B)c(OC(F)(F)F)c(B)c4B)cc3C2=O)nc(B)c1B. The molecule has 0 aliphatic carbocycles. The van der Waals surface area contributed by atoms with Crippen LogP contribution in [-0.2, 0) is 6.54 Å². The fraction of sp³-hybridized carbons (Fsp3) is 0.190. The number of amides is 1. The number of alkyl halides is 3. The Labute approximate surface area is 220 Å². The first-order valence-electron chi connectivity index (χ1n) is 12.0. The molecule has 6 nitrogen and oxygen atoms in total. The van der Waals surface area contributed by atoms with Gasteiger partial charge in [-0.1, -0.05) is 33.4 Å². The third kappa shape index (κ3) is 5.29. The lowest BCUT2D eigenvalue weighted by Crippen LogP contribution is -2.45. The third-order valence-corrected chi connectivity index (χ3v) is 7.19. The highest BCUT2D eigenvalue weighted by Gasteiger charge is 2.33. The number of carbonyl (C=O) groups is 1. The molecule has 3 aromatic rings. The van der Waals surface area contributed by atoms with E-state index in [1.165, 1.54) is 0 Å². The van der Waals surface area contributed by atoms with E-state index in [9.17, 15) is 18.0 Å². The first-order valence-corrected chi connectivity index (χ1v) is 12.0. The van der Waals surface area contributed by atoms with Crippen molar-refractivity contribution in [2.75, 3.05) is 13.2 Å². The molecule has 37 heavy (non-hydrogen) atoms. The quantitative estimate of drug-likeness (QED) is 0.335. The second-order valence-corrected chi connectivity index (χ2v) is 9.47. The molecule has 0 saturated carbocycles. The molecule has 0 radical (unpaired) electrons. The molecular formula is C21H23B7F3N3O3. The fourth-order valence-corrected chi connectivity index (χ4v) is 4.73. The summed E-state index contributed by atoms with van der Waals surface area (Å²) in [7, 11) is 12.5. The molecule has 0 atom stereocenters. The van der Waals surface area contributed by atoms with Gasteiger partial charge in [-0.2, -0.15) is 0 Å². The van der Waals surface area contributed by atoms with Crippen LogP contribution in [-0.4, -0.2) is 95.2 Å². The Morgan fingerprint density at radius 3 is 2.08 bits per heavy atom. The summed E-state index contributed by atoms with van der Waals surface area (Å²) in [6.07, 6.45) is -4.79. The second-order valence-electron chi connectivity index (χ2n) is 9.47. The number of halogens is 3. The molecule has 0 bridgehead atoms. The van der Waals surface area contributed by atoms with E-state index >= 15 is 0 Å². The second kappa shape index (κ2) is 9.95. The predicted octanol–water partition coefficient (Wildman–Crippen LogP) is -8.11. The Balaban J connectivity index is 1.74. The number of fused-ring (bicyclic) bond motifs is 1. The van der Waals surface area contributed by atoms with Gasteiger partial charge in [0.25, 0.3) is 5.91 Å². The minimum atomic E-state index is -4.79. The van der Waals surface area contributed by atoms with E-state index in [-0.39, 0.29) is 18.2 Å². The van der Waals surface area contributed by atoms with Gasteiger partial charge in [-0.25, -0.2) is 9.97 Å². The van der Waals surface area contributed by atoms with Gasteiger partial charge in [0.05, 0.1) is 18.7 Å². The number of nitrogens with zero attached hydrogens (tertiary/aromatic N) is 3. The molecule has 16 heteroatoms. The number of hydrogen-bond acceptors (Lipinski definition) is 5. The summed E-state index contributed by atoms with van der Waals surface area (Å²) in [6, 6.07) is 5.32. The summed E-state index contributed by atoms with van der Waals surface area (Å²) in [5.74, 6) is 0.630. The molecule has 0 fully saturated rings. The smallest absolute Gasteiger partial charge is 0.491 e. The van der Waals surface area contributed by atoms with E-state index in [2.05, 4.69) is 14.7 Å². The zero-order valence-corrected chi connectivity index (χ0v) is 22.1. The molecule has 1 aliphatic heterocycles. The standard InChI is InChI=1S/C21H23B7F3N3O3/c22-12-11(13(23)15(25)17(14(12)24)37-21(29,30)31)7-1-2-9-8(5-7)20(35)34(3-4-36-9)6-10-32-18(27)16(26)19(28)33-10/h1-2,5H,3-4,6,22-28H2. The van der Waals surface area contributed by atoms with Crippen LogP contribution >= 0.6 is 0 Å². The van der Waals surface area contributed by atoms with Gasteiger partial charge < -0.3 is 14.4 Å². The number of carbonyl (C=O) groups excluding carboxylic acids is 1. The van der Waals surface area contributed by atoms with Gasteiger partial charge in [0.15, 0.2) is 15.7 Å². The molecule has 182 valence electrons. The molecule has 0 saturated heterocycles. The molecular weight excluding hydrogens is 475 g/mol. The van der Waals surface area contributed by atoms with Crippen molar-refractivity contribution in [2.24, 2.45) is 0 Å². The van der Waals surface area contributed by atoms with E-state index in [4.69, 9.17) is 4.74 Å². The maximum atomic E-state index is 13.6.